The molecule has 1 unspecified atom stereocenters. The number of likely N-dealkylation sites (tertiary alicyclic amines) is 1. The predicted octanol–water partition coefficient (Wildman–Crippen LogP) is 2.11. The molecule has 2 fully saturated rings. The van der Waals surface area contributed by atoms with Gasteiger partial charge in [-0.2, -0.15) is 0 Å². The van der Waals surface area contributed by atoms with E-state index < -0.39 is 5.60 Å². The van der Waals surface area contributed by atoms with E-state index >= 15 is 0 Å². The largest absolute Gasteiger partial charge is 0.363 e. The average Bonchev–Trinajstić information content (AvgIpc) is 3.13. The van der Waals surface area contributed by atoms with E-state index in [1.54, 1.807) is 27.3 Å². The van der Waals surface area contributed by atoms with Crippen molar-refractivity contribution in [2.24, 2.45) is 0 Å². The number of nitrogens with zero attached hydrogens (tertiary/aromatic N) is 4. The summed E-state index contributed by atoms with van der Waals surface area (Å²) in [6.45, 7) is 1.44. The van der Waals surface area contributed by atoms with Gasteiger partial charge < -0.3 is 14.5 Å². The summed E-state index contributed by atoms with van der Waals surface area (Å²) in [5.74, 6) is -0.693. The van der Waals surface area contributed by atoms with E-state index in [4.69, 9.17) is 4.74 Å². The SMILES string of the molecule is O=C(c1csnn1)N1CCCC2(CC1)CN(c1cccc(F)c1)C(=O)CO2. The molecule has 1 spiro atoms. The number of carbonyl (C=O) groups is 2. The third kappa shape index (κ3) is 3.70. The highest BCUT2D eigenvalue weighted by atomic mass is 32.1. The molecule has 0 N–H and O–H groups in total. The Kier molecular flexibility index (Phi) is 4.88. The fourth-order valence-corrected chi connectivity index (χ4v) is 4.12. The minimum absolute atomic E-state index is 0.0412. The van der Waals surface area contributed by atoms with Gasteiger partial charge in [0.1, 0.15) is 12.4 Å². The van der Waals surface area contributed by atoms with Gasteiger partial charge >= 0.3 is 0 Å². The monoisotopic (exact) mass is 390 g/mol. The molecule has 0 bridgehead atoms. The Balaban J connectivity index is 1.50. The summed E-state index contributed by atoms with van der Waals surface area (Å²) in [7, 11) is 0. The van der Waals surface area contributed by atoms with Crippen molar-refractivity contribution in [2.75, 3.05) is 31.1 Å². The van der Waals surface area contributed by atoms with Gasteiger partial charge in [0.15, 0.2) is 5.69 Å². The molecule has 2 saturated heterocycles. The lowest BCUT2D eigenvalue weighted by molar-refractivity contribution is -0.140. The number of aromatic nitrogens is 2. The molecular weight excluding hydrogens is 371 g/mol. The third-order valence-electron chi connectivity index (χ3n) is 5.13. The fourth-order valence-electron chi connectivity index (χ4n) is 3.69. The number of anilines is 1. The smallest absolute Gasteiger partial charge is 0.275 e. The maximum Gasteiger partial charge on any atom is 0.275 e. The lowest BCUT2D eigenvalue weighted by Gasteiger charge is -2.42. The molecule has 1 atom stereocenters. The van der Waals surface area contributed by atoms with Crippen molar-refractivity contribution in [2.45, 2.75) is 24.9 Å². The van der Waals surface area contributed by atoms with E-state index in [9.17, 15) is 14.0 Å². The van der Waals surface area contributed by atoms with Crippen LogP contribution in [0, 0.1) is 5.82 Å². The van der Waals surface area contributed by atoms with Crippen molar-refractivity contribution in [3.8, 4) is 0 Å². The quantitative estimate of drug-likeness (QED) is 0.785. The molecule has 0 saturated carbocycles. The Morgan fingerprint density at radius 2 is 2.19 bits per heavy atom. The standard InChI is InChI=1S/C18H19FN4O3S/c19-13-3-1-4-14(9-13)23-12-18(26-10-16(23)24)5-2-7-22(8-6-18)17(25)15-11-27-21-20-15/h1,3-4,9,11H,2,5-8,10,12H2. The highest BCUT2D eigenvalue weighted by molar-refractivity contribution is 7.03. The van der Waals surface area contributed by atoms with Crippen LogP contribution in [0.2, 0.25) is 0 Å². The lowest BCUT2D eigenvalue weighted by Crippen LogP contribution is -2.55. The van der Waals surface area contributed by atoms with Gasteiger partial charge in [0.25, 0.3) is 11.8 Å². The first-order valence-electron chi connectivity index (χ1n) is 8.83. The van der Waals surface area contributed by atoms with Crippen LogP contribution in [-0.2, 0) is 9.53 Å². The first kappa shape index (κ1) is 18.0. The number of carbonyl (C=O) groups excluding carboxylic acids is 2. The molecule has 3 heterocycles. The summed E-state index contributed by atoms with van der Waals surface area (Å²) in [4.78, 5) is 28.2. The van der Waals surface area contributed by atoms with Gasteiger partial charge in [-0.25, -0.2) is 4.39 Å². The van der Waals surface area contributed by atoms with Crippen molar-refractivity contribution in [3.05, 3.63) is 41.2 Å². The lowest BCUT2D eigenvalue weighted by atomic mass is 9.92. The predicted molar refractivity (Wildman–Crippen MR) is 97.1 cm³/mol. The van der Waals surface area contributed by atoms with Crippen LogP contribution in [0.25, 0.3) is 0 Å². The van der Waals surface area contributed by atoms with Crippen LogP contribution in [-0.4, -0.2) is 58.1 Å². The Labute approximate surface area is 159 Å². The number of amides is 2. The maximum absolute atomic E-state index is 13.6. The molecule has 27 heavy (non-hydrogen) atoms. The van der Waals surface area contributed by atoms with Crippen molar-refractivity contribution in [1.29, 1.82) is 0 Å². The second-order valence-corrected chi connectivity index (χ2v) is 7.48. The summed E-state index contributed by atoms with van der Waals surface area (Å²) in [5, 5.41) is 5.50. The normalized spacial score (nSPS) is 23.5. The molecular formula is C18H19FN4O3S. The zero-order valence-corrected chi connectivity index (χ0v) is 15.5. The summed E-state index contributed by atoms with van der Waals surface area (Å²) >= 11 is 1.15. The molecule has 0 radical (unpaired) electrons. The van der Waals surface area contributed by atoms with Crippen LogP contribution in [0.1, 0.15) is 29.8 Å². The number of rotatable bonds is 2. The van der Waals surface area contributed by atoms with E-state index in [0.717, 1.165) is 24.4 Å². The molecule has 2 aliphatic heterocycles. The molecule has 7 nitrogen and oxygen atoms in total. The zero-order chi connectivity index (χ0) is 18.9. The number of morpholine rings is 1. The highest BCUT2D eigenvalue weighted by Crippen LogP contribution is 2.33. The number of hydrogen-bond donors (Lipinski definition) is 0. The van der Waals surface area contributed by atoms with Crippen LogP contribution in [0.5, 0.6) is 0 Å². The minimum atomic E-state index is -0.532. The summed E-state index contributed by atoms with van der Waals surface area (Å²) < 4.78 is 23.3. The van der Waals surface area contributed by atoms with E-state index in [2.05, 4.69) is 9.59 Å². The number of hydrogen-bond acceptors (Lipinski definition) is 6. The zero-order valence-electron chi connectivity index (χ0n) is 14.6. The van der Waals surface area contributed by atoms with Gasteiger partial charge in [-0.05, 0) is 49.0 Å². The Morgan fingerprint density at radius 3 is 2.96 bits per heavy atom. The number of ether oxygens (including phenoxy) is 1. The number of halogens is 1. The minimum Gasteiger partial charge on any atom is -0.363 e. The average molecular weight is 390 g/mol. The molecule has 4 rings (SSSR count). The summed E-state index contributed by atoms with van der Waals surface area (Å²) in [5.41, 5.74) is 0.362. The van der Waals surface area contributed by atoms with Crippen LogP contribution in [0.4, 0.5) is 10.1 Å². The van der Waals surface area contributed by atoms with Gasteiger partial charge in [0.05, 0.1) is 12.1 Å². The molecule has 2 amide bonds. The van der Waals surface area contributed by atoms with Gasteiger partial charge in [-0.1, -0.05) is 10.6 Å². The molecule has 1 aromatic heterocycles. The van der Waals surface area contributed by atoms with E-state index in [1.807, 2.05) is 0 Å². The van der Waals surface area contributed by atoms with Crippen LogP contribution in [0.3, 0.4) is 0 Å². The molecule has 142 valence electrons. The Hall–Kier alpha value is -2.39. The maximum atomic E-state index is 13.6. The molecule has 0 aliphatic carbocycles. The molecule has 9 heteroatoms. The van der Waals surface area contributed by atoms with E-state index in [-0.39, 0.29) is 24.2 Å². The number of benzene rings is 1. The van der Waals surface area contributed by atoms with Crippen molar-refractivity contribution in [3.63, 3.8) is 0 Å². The van der Waals surface area contributed by atoms with Crippen LogP contribution in [0.15, 0.2) is 29.6 Å². The van der Waals surface area contributed by atoms with E-state index in [1.165, 1.54) is 12.1 Å². The Bertz CT molecular complexity index is 847. The van der Waals surface area contributed by atoms with Gasteiger partial charge in [-0.15, -0.1) is 5.10 Å². The summed E-state index contributed by atoms with van der Waals surface area (Å²) in [6, 6.07) is 6.03. The van der Waals surface area contributed by atoms with Gasteiger partial charge in [0, 0.05) is 24.2 Å². The molecule has 1 aromatic carbocycles. The topological polar surface area (TPSA) is 75.6 Å². The third-order valence-corrected chi connectivity index (χ3v) is 5.64. The van der Waals surface area contributed by atoms with Gasteiger partial charge in [0.2, 0.25) is 0 Å². The fraction of sp³-hybridized carbons (Fsp3) is 0.444. The van der Waals surface area contributed by atoms with E-state index in [0.29, 0.717) is 37.4 Å². The second kappa shape index (κ2) is 7.32. The Morgan fingerprint density at radius 1 is 1.30 bits per heavy atom. The van der Waals surface area contributed by atoms with Crippen molar-refractivity contribution in [1.82, 2.24) is 14.5 Å². The first-order chi connectivity index (χ1) is 13.1. The summed E-state index contributed by atoms with van der Waals surface area (Å²) in [6.07, 6.45) is 2.09. The van der Waals surface area contributed by atoms with Crippen LogP contribution < -0.4 is 4.90 Å². The highest BCUT2D eigenvalue weighted by Gasteiger charge is 2.42. The first-order valence-corrected chi connectivity index (χ1v) is 9.66. The molecule has 2 aromatic rings. The van der Waals surface area contributed by atoms with Crippen molar-refractivity contribution >= 4 is 29.0 Å². The van der Waals surface area contributed by atoms with Crippen molar-refractivity contribution < 1.29 is 18.7 Å². The van der Waals surface area contributed by atoms with Gasteiger partial charge in [-0.3, -0.25) is 9.59 Å². The van der Waals surface area contributed by atoms with Crippen LogP contribution >= 0.6 is 11.5 Å². The molecule has 2 aliphatic rings. The second-order valence-electron chi connectivity index (χ2n) is 6.87.